The van der Waals surface area contributed by atoms with E-state index in [9.17, 15) is 18.0 Å². The molecular formula is C20H28N2O5S. The van der Waals surface area contributed by atoms with E-state index in [0.29, 0.717) is 36.6 Å². The van der Waals surface area contributed by atoms with E-state index in [1.807, 2.05) is 0 Å². The molecule has 3 rings (SSSR count). The Balaban J connectivity index is 1.60. The summed E-state index contributed by atoms with van der Waals surface area (Å²) < 4.78 is 30.4. The average Bonchev–Trinajstić information content (AvgIpc) is 2.66. The zero-order valence-corrected chi connectivity index (χ0v) is 17.3. The third kappa shape index (κ3) is 4.84. The summed E-state index contributed by atoms with van der Waals surface area (Å²) in [7, 11) is -3.35. The first-order valence-electron chi connectivity index (χ1n) is 9.83. The number of sulfonamides is 1. The molecule has 1 aliphatic carbocycles. The van der Waals surface area contributed by atoms with E-state index in [4.69, 9.17) is 4.74 Å². The van der Waals surface area contributed by atoms with Crippen molar-refractivity contribution in [1.29, 1.82) is 0 Å². The largest absolute Gasteiger partial charge is 0.452 e. The molecule has 2 atom stereocenters. The van der Waals surface area contributed by atoms with Gasteiger partial charge in [-0.05, 0) is 55.4 Å². The molecule has 8 heteroatoms. The van der Waals surface area contributed by atoms with Gasteiger partial charge in [-0.25, -0.2) is 13.2 Å². The first-order valence-corrected chi connectivity index (χ1v) is 11.7. The van der Waals surface area contributed by atoms with Crippen molar-refractivity contribution >= 4 is 27.6 Å². The molecule has 1 aromatic rings. The van der Waals surface area contributed by atoms with Crippen molar-refractivity contribution in [2.45, 2.75) is 51.5 Å². The van der Waals surface area contributed by atoms with Gasteiger partial charge in [0.05, 0.1) is 17.5 Å². The Morgan fingerprint density at radius 3 is 2.68 bits per heavy atom. The highest BCUT2D eigenvalue weighted by molar-refractivity contribution is 7.92. The fourth-order valence-corrected chi connectivity index (χ4v) is 5.02. The van der Waals surface area contributed by atoms with Crippen LogP contribution >= 0.6 is 0 Å². The Bertz CT molecular complexity index is 852. The number of esters is 1. The molecule has 1 N–H and O–H groups in total. The number of amides is 1. The molecule has 1 aromatic carbocycles. The van der Waals surface area contributed by atoms with Crippen molar-refractivity contribution in [3.63, 3.8) is 0 Å². The van der Waals surface area contributed by atoms with E-state index in [1.165, 1.54) is 17.0 Å². The molecule has 1 saturated carbocycles. The number of fused-ring (bicyclic) bond motifs is 1. The van der Waals surface area contributed by atoms with Crippen LogP contribution in [0.2, 0.25) is 0 Å². The van der Waals surface area contributed by atoms with Gasteiger partial charge in [0.2, 0.25) is 10.0 Å². The van der Waals surface area contributed by atoms with Gasteiger partial charge in [-0.1, -0.05) is 19.8 Å². The SMILES string of the molecule is C[C@H]1CCCC[C@H]1NC(=O)COC(=O)c1ccc2c(c1)CCCN2S(C)(=O)=O. The molecule has 28 heavy (non-hydrogen) atoms. The van der Waals surface area contributed by atoms with Crippen LogP contribution in [0.25, 0.3) is 0 Å². The van der Waals surface area contributed by atoms with Crippen LogP contribution in [0.3, 0.4) is 0 Å². The summed E-state index contributed by atoms with van der Waals surface area (Å²) in [5.41, 5.74) is 1.73. The molecule has 1 fully saturated rings. The molecule has 154 valence electrons. The van der Waals surface area contributed by atoms with Crippen LogP contribution in [-0.4, -0.2) is 45.7 Å². The molecule has 1 amide bonds. The number of rotatable bonds is 5. The maximum absolute atomic E-state index is 12.3. The molecule has 1 heterocycles. The van der Waals surface area contributed by atoms with Gasteiger partial charge in [0.1, 0.15) is 0 Å². The summed E-state index contributed by atoms with van der Waals surface area (Å²) in [6, 6.07) is 4.99. The van der Waals surface area contributed by atoms with Gasteiger partial charge in [0, 0.05) is 12.6 Å². The summed E-state index contributed by atoms with van der Waals surface area (Å²) in [5, 5.41) is 2.96. The van der Waals surface area contributed by atoms with Crippen molar-refractivity contribution in [3.8, 4) is 0 Å². The molecule has 0 spiro atoms. The van der Waals surface area contributed by atoms with Crippen molar-refractivity contribution < 1.29 is 22.7 Å². The molecule has 7 nitrogen and oxygen atoms in total. The normalized spacial score (nSPS) is 22.3. The molecule has 0 radical (unpaired) electrons. The average molecular weight is 409 g/mol. The Morgan fingerprint density at radius 1 is 1.21 bits per heavy atom. The molecule has 0 saturated heterocycles. The van der Waals surface area contributed by atoms with Gasteiger partial charge in [0.15, 0.2) is 6.61 Å². The molecular weight excluding hydrogens is 380 g/mol. The molecule has 2 aliphatic rings. The van der Waals surface area contributed by atoms with Crippen LogP contribution in [0.4, 0.5) is 5.69 Å². The number of carbonyl (C=O) groups excluding carboxylic acids is 2. The van der Waals surface area contributed by atoms with Crippen LogP contribution < -0.4 is 9.62 Å². The van der Waals surface area contributed by atoms with Gasteiger partial charge in [-0.3, -0.25) is 9.10 Å². The van der Waals surface area contributed by atoms with Crippen molar-refractivity contribution in [2.24, 2.45) is 5.92 Å². The summed E-state index contributed by atoms with van der Waals surface area (Å²) in [5.74, 6) is -0.425. The Labute approximate surface area is 166 Å². The van der Waals surface area contributed by atoms with E-state index in [2.05, 4.69) is 12.2 Å². The highest BCUT2D eigenvalue weighted by Gasteiger charge is 2.26. The van der Waals surface area contributed by atoms with Gasteiger partial charge >= 0.3 is 5.97 Å². The second-order valence-corrected chi connectivity index (χ2v) is 9.70. The minimum absolute atomic E-state index is 0.144. The summed E-state index contributed by atoms with van der Waals surface area (Å²) in [6.45, 7) is 2.26. The van der Waals surface area contributed by atoms with Crippen molar-refractivity contribution in [1.82, 2.24) is 5.32 Å². The van der Waals surface area contributed by atoms with Crippen LogP contribution in [0.1, 0.15) is 54.9 Å². The van der Waals surface area contributed by atoms with Crippen LogP contribution in [0, 0.1) is 5.92 Å². The number of hydrogen-bond donors (Lipinski definition) is 1. The number of nitrogens with zero attached hydrogens (tertiary/aromatic N) is 1. The first-order chi connectivity index (χ1) is 13.3. The number of nitrogens with one attached hydrogen (secondary N) is 1. The lowest BCUT2D eigenvalue weighted by Crippen LogP contribution is -2.42. The highest BCUT2D eigenvalue weighted by Crippen LogP contribution is 2.30. The maximum Gasteiger partial charge on any atom is 0.338 e. The summed E-state index contributed by atoms with van der Waals surface area (Å²) in [4.78, 5) is 24.5. The molecule has 0 unspecified atom stereocenters. The lowest BCUT2D eigenvalue weighted by Gasteiger charge is -2.29. The van der Waals surface area contributed by atoms with E-state index in [1.54, 1.807) is 18.2 Å². The van der Waals surface area contributed by atoms with E-state index in [-0.39, 0.29) is 18.6 Å². The second-order valence-electron chi connectivity index (χ2n) is 7.79. The zero-order chi connectivity index (χ0) is 20.3. The van der Waals surface area contributed by atoms with Gasteiger partial charge in [-0.15, -0.1) is 0 Å². The lowest BCUT2D eigenvalue weighted by atomic mass is 9.86. The van der Waals surface area contributed by atoms with Crippen LogP contribution in [0.5, 0.6) is 0 Å². The fraction of sp³-hybridized carbons (Fsp3) is 0.600. The van der Waals surface area contributed by atoms with E-state index < -0.39 is 16.0 Å². The molecule has 0 bridgehead atoms. The predicted molar refractivity (Wildman–Crippen MR) is 107 cm³/mol. The first kappa shape index (κ1) is 20.6. The van der Waals surface area contributed by atoms with Crippen LogP contribution in [0.15, 0.2) is 18.2 Å². The second kappa shape index (κ2) is 8.51. The monoisotopic (exact) mass is 408 g/mol. The van der Waals surface area contributed by atoms with Crippen molar-refractivity contribution in [3.05, 3.63) is 29.3 Å². The third-order valence-electron chi connectivity index (χ3n) is 5.58. The van der Waals surface area contributed by atoms with E-state index >= 15 is 0 Å². The van der Waals surface area contributed by atoms with Crippen molar-refractivity contribution in [2.75, 3.05) is 23.7 Å². The Hall–Kier alpha value is -2.09. The summed E-state index contributed by atoms with van der Waals surface area (Å²) >= 11 is 0. The maximum atomic E-state index is 12.3. The minimum Gasteiger partial charge on any atom is -0.452 e. The van der Waals surface area contributed by atoms with Gasteiger partial charge in [0.25, 0.3) is 5.91 Å². The molecule has 1 aliphatic heterocycles. The number of ether oxygens (including phenoxy) is 1. The predicted octanol–water partition coefficient (Wildman–Crippen LogP) is 2.25. The number of hydrogen-bond acceptors (Lipinski definition) is 5. The lowest BCUT2D eigenvalue weighted by molar-refractivity contribution is -0.125. The standard InChI is InChI=1S/C20H28N2O5S/c1-14-6-3-4-8-17(14)21-19(23)13-27-20(24)16-9-10-18-15(12-16)7-5-11-22(18)28(2,25)26/h9-10,12,14,17H,3-8,11,13H2,1-2H3,(H,21,23)/t14-,17+/m0/s1. The van der Waals surface area contributed by atoms with Gasteiger partial charge < -0.3 is 10.1 Å². The zero-order valence-electron chi connectivity index (χ0n) is 16.4. The van der Waals surface area contributed by atoms with E-state index in [0.717, 1.165) is 24.8 Å². The number of anilines is 1. The van der Waals surface area contributed by atoms with Gasteiger partial charge in [-0.2, -0.15) is 0 Å². The molecule has 0 aromatic heterocycles. The Morgan fingerprint density at radius 2 is 1.96 bits per heavy atom. The summed E-state index contributed by atoms with van der Waals surface area (Å²) in [6.07, 6.45) is 6.93. The number of aryl methyl sites for hydroxylation is 1. The topological polar surface area (TPSA) is 92.8 Å². The Kier molecular flexibility index (Phi) is 6.27. The highest BCUT2D eigenvalue weighted by atomic mass is 32.2. The third-order valence-corrected chi connectivity index (χ3v) is 6.76. The number of carbonyl (C=O) groups is 2. The quantitative estimate of drug-likeness (QED) is 0.755. The number of benzene rings is 1. The smallest absolute Gasteiger partial charge is 0.338 e. The minimum atomic E-state index is -3.35. The van der Waals surface area contributed by atoms with Crippen LogP contribution in [-0.2, 0) is 26.0 Å². The fourth-order valence-electron chi connectivity index (χ4n) is 4.03.